The van der Waals surface area contributed by atoms with Crippen molar-refractivity contribution in [3.05, 3.63) is 64.1 Å². The highest BCUT2D eigenvalue weighted by Crippen LogP contribution is 2.21. The van der Waals surface area contributed by atoms with Gasteiger partial charge in [0.15, 0.2) is 5.16 Å². The first-order valence-electron chi connectivity index (χ1n) is 11.7. The van der Waals surface area contributed by atoms with E-state index in [2.05, 4.69) is 80.6 Å². The summed E-state index contributed by atoms with van der Waals surface area (Å²) in [6.45, 7) is 9.03. The lowest BCUT2D eigenvalue weighted by atomic mass is 10.0. The predicted molar refractivity (Wildman–Crippen MR) is 137 cm³/mol. The van der Waals surface area contributed by atoms with Crippen molar-refractivity contribution in [2.75, 3.05) is 38.6 Å². The van der Waals surface area contributed by atoms with E-state index in [1.54, 1.807) is 11.3 Å². The molecule has 1 aliphatic rings. The summed E-state index contributed by atoms with van der Waals surface area (Å²) >= 11 is 3.18. The molecule has 1 amide bonds. The molecule has 1 aromatic carbocycles. The van der Waals surface area contributed by atoms with Crippen molar-refractivity contribution in [1.29, 1.82) is 0 Å². The van der Waals surface area contributed by atoms with Crippen molar-refractivity contribution in [3.63, 3.8) is 0 Å². The second-order valence-corrected chi connectivity index (χ2v) is 11.0. The molecule has 0 atom stereocenters. The van der Waals surface area contributed by atoms with Gasteiger partial charge in [-0.15, -0.1) is 21.5 Å². The van der Waals surface area contributed by atoms with Gasteiger partial charge >= 0.3 is 0 Å². The number of amides is 1. The number of aromatic nitrogens is 3. The Labute approximate surface area is 209 Å². The largest absolute Gasteiger partial charge is 0.379 e. The normalized spacial score (nSPS) is 14.9. The molecular weight excluding hydrogens is 466 g/mol. The van der Waals surface area contributed by atoms with E-state index in [1.807, 2.05) is 6.07 Å². The topological polar surface area (TPSA) is 72.3 Å². The molecule has 2 aromatic heterocycles. The first kappa shape index (κ1) is 24.9. The Morgan fingerprint density at radius 3 is 2.68 bits per heavy atom. The molecule has 1 saturated heterocycles. The third-order valence-electron chi connectivity index (χ3n) is 6.09. The quantitative estimate of drug-likeness (QED) is 0.407. The number of nitrogens with one attached hydrogen (secondary N) is 1. The average Bonchev–Trinajstić information content (AvgIpc) is 3.51. The summed E-state index contributed by atoms with van der Waals surface area (Å²) in [4.78, 5) is 16.3. The minimum atomic E-state index is -0.103. The lowest BCUT2D eigenvalue weighted by Crippen LogP contribution is -2.55. The first-order valence-corrected chi connectivity index (χ1v) is 13.6. The molecule has 0 saturated carbocycles. The van der Waals surface area contributed by atoms with Gasteiger partial charge in [-0.1, -0.05) is 48.2 Å². The van der Waals surface area contributed by atoms with Crippen molar-refractivity contribution in [2.45, 2.75) is 43.9 Å². The second kappa shape index (κ2) is 12.0. The molecule has 0 aliphatic carbocycles. The molecule has 4 rings (SSSR count). The SMILES string of the molecule is CC(C)(CNC(=O)CSc1nnc(Cc2cccs2)n1CCc1ccccc1)N1CCOCC1. The molecular formula is C25H33N5O2S2. The van der Waals surface area contributed by atoms with Gasteiger partial charge in [0, 0.05) is 43.0 Å². The fraction of sp³-hybridized carbons (Fsp3) is 0.480. The van der Waals surface area contributed by atoms with E-state index in [1.165, 1.54) is 22.2 Å². The van der Waals surface area contributed by atoms with Crippen LogP contribution in [-0.4, -0.2) is 69.7 Å². The van der Waals surface area contributed by atoms with E-state index >= 15 is 0 Å². The van der Waals surface area contributed by atoms with Crippen molar-refractivity contribution >= 4 is 29.0 Å². The molecule has 0 unspecified atom stereocenters. The predicted octanol–water partition coefficient (Wildman–Crippen LogP) is 3.49. The van der Waals surface area contributed by atoms with Crippen LogP contribution < -0.4 is 5.32 Å². The van der Waals surface area contributed by atoms with Crippen LogP contribution >= 0.6 is 23.1 Å². The fourth-order valence-electron chi connectivity index (χ4n) is 4.01. The number of thiophene rings is 1. The highest BCUT2D eigenvalue weighted by atomic mass is 32.2. The zero-order valence-corrected chi connectivity index (χ0v) is 21.5. The number of rotatable bonds is 11. The summed E-state index contributed by atoms with van der Waals surface area (Å²) in [7, 11) is 0. The zero-order valence-electron chi connectivity index (χ0n) is 19.9. The number of morpholine rings is 1. The van der Waals surface area contributed by atoms with Gasteiger partial charge in [0.05, 0.1) is 19.0 Å². The molecule has 0 bridgehead atoms. The molecule has 3 aromatic rings. The lowest BCUT2D eigenvalue weighted by Gasteiger charge is -2.40. The van der Waals surface area contributed by atoms with Crippen LogP contribution in [-0.2, 0) is 28.9 Å². The van der Waals surface area contributed by atoms with Crippen LogP contribution in [0.25, 0.3) is 0 Å². The van der Waals surface area contributed by atoms with Crippen LogP contribution in [0.15, 0.2) is 53.0 Å². The molecule has 1 aliphatic heterocycles. The number of carbonyl (C=O) groups is 1. The smallest absolute Gasteiger partial charge is 0.230 e. The molecule has 1 fully saturated rings. The Hall–Kier alpha value is -2.20. The monoisotopic (exact) mass is 499 g/mol. The third-order valence-corrected chi connectivity index (χ3v) is 7.93. The standard InChI is InChI=1S/C25H33N5O2S2/c1-25(2,29-12-14-32-15-13-29)19-26-23(31)18-34-24-28-27-22(17-21-9-6-16-33-21)30(24)11-10-20-7-4-3-5-8-20/h3-9,16H,10-15,17-19H2,1-2H3,(H,26,31). The van der Waals surface area contributed by atoms with E-state index in [4.69, 9.17) is 4.74 Å². The van der Waals surface area contributed by atoms with E-state index < -0.39 is 0 Å². The number of hydrogen-bond acceptors (Lipinski definition) is 7. The van der Waals surface area contributed by atoms with Crippen molar-refractivity contribution in [2.24, 2.45) is 0 Å². The lowest BCUT2D eigenvalue weighted by molar-refractivity contribution is -0.119. The summed E-state index contributed by atoms with van der Waals surface area (Å²) in [6.07, 6.45) is 1.64. The number of thioether (sulfide) groups is 1. The number of benzene rings is 1. The molecule has 34 heavy (non-hydrogen) atoms. The van der Waals surface area contributed by atoms with Crippen LogP contribution in [0, 0.1) is 0 Å². The first-order chi connectivity index (χ1) is 16.5. The fourth-order valence-corrected chi connectivity index (χ4v) is 5.53. The molecule has 0 spiro atoms. The Bertz CT molecular complexity index is 1030. The number of carbonyl (C=O) groups excluding carboxylic acids is 1. The Kier molecular flexibility index (Phi) is 8.77. The van der Waals surface area contributed by atoms with E-state index in [-0.39, 0.29) is 11.4 Å². The van der Waals surface area contributed by atoms with Gasteiger partial charge in [-0.2, -0.15) is 0 Å². The highest BCUT2D eigenvalue weighted by Gasteiger charge is 2.28. The minimum Gasteiger partial charge on any atom is -0.379 e. The van der Waals surface area contributed by atoms with Crippen LogP contribution in [0.2, 0.25) is 0 Å². The summed E-state index contributed by atoms with van der Waals surface area (Å²) in [5.74, 6) is 1.28. The molecule has 0 radical (unpaired) electrons. The highest BCUT2D eigenvalue weighted by molar-refractivity contribution is 7.99. The van der Waals surface area contributed by atoms with Gasteiger partial charge in [-0.05, 0) is 37.3 Å². The number of nitrogens with zero attached hydrogens (tertiary/aromatic N) is 4. The summed E-state index contributed by atoms with van der Waals surface area (Å²) in [5, 5.41) is 14.9. The van der Waals surface area contributed by atoms with Gasteiger partial charge in [0.1, 0.15) is 5.82 Å². The van der Waals surface area contributed by atoms with Crippen LogP contribution in [0.5, 0.6) is 0 Å². The van der Waals surface area contributed by atoms with Crippen molar-refractivity contribution in [1.82, 2.24) is 25.0 Å². The number of aryl methyl sites for hydroxylation is 1. The number of hydrogen-bond donors (Lipinski definition) is 1. The Morgan fingerprint density at radius 2 is 1.94 bits per heavy atom. The third kappa shape index (κ3) is 6.91. The Balaban J connectivity index is 1.36. The maximum absolute atomic E-state index is 12.7. The van der Waals surface area contributed by atoms with Gasteiger partial charge in [0.2, 0.25) is 5.91 Å². The maximum Gasteiger partial charge on any atom is 0.230 e. The van der Waals surface area contributed by atoms with E-state index in [9.17, 15) is 4.79 Å². The second-order valence-electron chi connectivity index (χ2n) is 9.02. The van der Waals surface area contributed by atoms with Gasteiger partial charge < -0.3 is 14.6 Å². The summed E-state index contributed by atoms with van der Waals surface area (Å²) < 4.78 is 7.62. The molecule has 9 heteroatoms. The van der Waals surface area contributed by atoms with Crippen LogP contribution in [0.3, 0.4) is 0 Å². The average molecular weight is 500 g/mol. The molecule has 7 nitrogen and oxygen atoms in total. The van der Waals surface area contributed by atoms with Crippen LogP contribution in [0.1, 0.15) is 30.1 Å². The van der Waals surface area contributed by atoms with Crippen molar-refractivity contribution in [3.8, 4) is 0 Å². The Morgan fingerprint density at radius 1 is 1.15 bits per heavy atom. The number of ether oxygens (including phenoxy) is 1. The minimum absolute atomic E-state index is 0.0174. The van der Waals surface area contributed by atoms with E-state index in [0.29, 0.717) is 12.3 Å². The zero-order chi connectivity index (χ0) is 23.8. The van der Waals surface area contributed by atoms with Gasteiger partial charge in [-0.3, -0.25) is 9.69 Å². The maximum atomic E-state index is 12.7. The van der Waals surface area contributed by atoms with Crippen molar-refractivity contribution < 1.29 is 9.53 Å². The van der Waals surface area contributed by atoms with Gasteiger partial charge in [-0.25, -0.2) is 0 Å². The molecule has 3 heterocycles. The van der Waals surface area contributed by atoms with Gasteiger partial charge in [0.25, 0.3) is 0 Å². The summed E-state index contributed by atoms with van der Waals surface area (Å²) in [5.41, 5.74) is 1.17. The molecule has 1 N–H and O–H groups in total. The summed E-state index contributed by atoms with van der Waals surface area (Å²) in [6, 6.07) is 14.6. The van der Waals surface area contributed by atoms with E-state index in [0.717, 1.165) is 56.7 Å². The molecule has 182 valence electrons. The van der Waals surface area contributed by atoms with Crippen LogP contribution in [0.4, 0.5) is 0 Å².